The van der Waals surface area contributed by atoms with Gasteiger partial charge in [0.25, 0.3) is 0 Å². The number of aromatic nitrogens is 1. The molecule has 1 unspecified atom stereocenters. The van der Waals surface area contributed by atoms with Crippen LogP contribution in [0.25, 0.3) is 0 Å². The van der Waals surface area contributed by atoms with Gasteiger partial charge in [-0.05, 0) is 38.8 Å². The second-order valence-electron chi connectivity index (χ2n) is 5.13. The van der Waals surface area contributed by atoms with Crippen molar-refractivity contribution >= 4 is 11.3 Å². The summed E-state index contributed by atoms with van der Waals surface area (Å²) in [6, 6.07) is 6.20. The number of aryl methyl sites for hydroxylation is 3. The minimum atomic E-state index is -0.864. The van der Waals surface area contributed by atoms with Crippen LogP contribution in [0.1, 0.15) is 34.3 Å². The molecule has 0 aliphatic carbocycles. The molecule has 96 valence electrons. The second kappa shape index (κ2) is 4.82. The molecular weight excluding hydrogens is 242 g/mol. The normalized spacial score (nSPS) is 14.5. The zero-order valence-electron chi connectivity index (χ0n) is 11.3. The first-order valence-corrected chi connectivity index (χ1v) is 6.97. The van der Waals surface area contributed by atoms with Gasteiger partial charge in [-0.15, -0.1) is 11.3 Å². The summed E-state index contributed by atoms with van der Waals surface area (Å²) in [6.07, 6.45) is 0.557. The summed E-state index contributed by atoms with van der Waals surface area (Å²) in [5.74, 6) is 0. The van der Waals surface area contributed by atoms with Crippen molar-refractivity contribution in [1.29, 1.82) is 0 Å². The van der Waals surface area contributed by atoms with E-state index in [2.05, 4.69) is 23.2 Å². The van der Waals surface area contributed by atoms with E-state index in [1.165, 1.54) is 5.56 Å². The van der Waals surface area contributed by atoms with Crippen molar-refractivity contribution in [3.05, 3.63) is 51.0 Å². The lowest BCUT2D eigenvalue weighted by molar-refractivity contribution is 0.0560. The van der Waals surface area contributed by atoms with Gasteiger partial charge in [-0.1, -0.05) is 23.8 Å². The molecule has 0 aliphatic rings. The summed E-state index contributed by atoms with van der Waals surface area (Å²) in [5.41, 5.74) is 3.39. The first kappa shape index (κ1) is 13.2. The predicted octanol–water partition coefficient (Wildman–Crippen LogP) is 3.52. The third-order valence-corrected chi connectivity index (χ3v) is 3.99. The Morgan fingerprint density at radius 2 is 2.00 bits per heavy atom. The lowest BCUT2D eigenvalue weighted by Gasteiger charge is -2.25. The summed E-state index contributed by atoms with van der Waals surface area (Å²) in [7, 11) is 0. The molecule has 3 heteroatoms. The quantitative estimate of drug-likeness (QED) is 0.917. The average molecular weight is 261 g/mol. The van der Waals surface area contributed by atoms with Gasteiger partial charge in [-0.3, -0.25) is 0 Å². The fraction of sp³-hybridized carbons (Fsp3) is 0.400. The van der Waals surface area contributed by atoms with Crippen molar-refractivity contribution in [3.63, 3.8) is 0 Å². The van der Waals surface area contributed by atoms with Crippen LogP contribution in [-0.4, -0.2) is 10.1 Å². The van der Waals surface area contributed by atoms with Gasteiger partial charge in [0.15, 0.2) is 0 Å². The van der Waals surface area contributed by atoms with Gasteiger partial charge < -0.3 is 5.11 Å². The second-order valence-corrected chi connectivity index (χ2v) is 6.19. The summed E-state index contributed by atoms with van der Waals surface area (Å²) in [5, 5.41) is 13.8. The molecule has 0 saturated heterocycles. The van der Waals surface area contributed by atoms with Crippen molar-refractivity contribution in [2.75, 3.05) is 0 Å². The van der Waals surface area contributed by atoms with E-state index >= 15 is 0 Å². The van der Waals surface area contributed by atoms with E-state index in [9.17, 15) is 5.11 Å². The van der Waals surface area contributed by atoms with Crippen LogP contribution in [0.3, 0.4) is 0 Å². The van der Waals surface area contributed by atoms with E-state index in [4.69, 9.17) is 0 Å². The van der Waals surface area contributed by atoms with E-state index in [1.807, 2.05) is 33.1 Å². The zero-order valence-corrected chi connectivity index (χ0v) is 12.1. The molecule has 0 fully saturated rings. The van der Waals surface area contributed by atoms with E-state index in [0.29, 0.717) is 6.42 Å². The first-order valence-electron chi connectivity index (χ1n) is 6.09. The van der Waals surface area contributed by atoms with Crippen LogP contribution >= 0.6 is 11.3 Å². The SMILES string of the molecule is Cc1ccc(C)c(C(C)(O)Cc2csc(C)n2)c1. The number of benzene rings is 1. The summed E-state index contributed by atoms with van der Waals surface area (Å²) < 4.78 is 0. The molecular formula is C15H19NOS. The van der Waals surface area contributed by atoms with Crippen LogP contribution in [0.5, 0.6) is 0 Å². The predicted molar refractivity (Wildman–Crippen MR) is 76.0 cm³/mol. The third kappa shape index (κ3) is 2.79. The van der Waals surface area contributed by atoms with E-state index in [-0.39, 0.29) is 0 Å². The average Bonchev–Trinajstić information content (AvgIpc) is 2.66. The summed E-state index contributed by atoms with van der Waals surface area (Å²) >= 11 is 1.63. The zero-order chi connectivity index (χ0) is 13.3. The largest absolute Gasteiger partial charge is 0.385 e. The van der Waals surface area contributed by atoms with Crippen molar-refractivity contribution in [2.45, 2.75) is 39.7 Å². The highest BCUT2D eigenvalue weighted by Crippen LogP contribution is 2.29. The number of rotatable bonds is 3. The van der Waals surface area contributed by atoms with Gasteiger partial charge in [0, 0.05) is 11.8 Å². The third-order valence-electron chi connectivity index (χ3n) is 3.17. The highest BCUT2D eigenvalue weighted by atomic mass is 32.1. The van der Waals surface area contributed by atoms with Gasteiger partial charge in [0.05, 0.1) is 16.3 Å². The maximum absolute atomic E-state index is 10.7. The monoisotopic (exact) mass is 261 g/mol. The molecule has 0 amide bonds. The van der Waals surface area contributed by atoms with E-state index < -0.39 is 5.60 Å². The number of hydrogen-bond acceptors (Lipinski definition) is 3. The minimum absolute atomic E-state index is 0.557. The number of nitrogens with zero attached hydrogens (tertiary/aromatic N) is 1. The Hall–Kier alpha value is -1.19. The highest BCUT2D eigenvalue weighted by Gasteiger charge is 2.26. The molecule has 0 aliphatic heterocycles. The van der Waals surface area contributed by atoms with E-state index in [0.717, 1.165) is 21.8 Å². The molecule has 0 radical (unpaired) electrons. The maximum Gasteiger partial charge on any atom is 0.0926 e. The van der Waals surface area contributed by atoms with Gasteiger partial charge >= 0.3 is 0 Å². The fourth-order valence-electron chi connectivity index (χ4n) is 2.25. The molecule has 0 saturated carbocycles. The molecule has 1 aromatic carbocycles. The summed E-state index contributed by atoms with van der Waals surface area (Å²) in [4.78, 5) is 4.43. The molecule has 0 spiro atoms. The summed E-state index contributed by atoms with van der Waals surface area (Å²) in [6.45, 7) is 7.94. The molecule has 0 bridgehead atoms. The molecule has 1 aromatic heterocycles. The van der Waals surface area contributed by atoms with Crippen LogP contribution in [0.2, 0.25) is 0 Å². The van der Waals surface area contributed by atoms with Gasteiger partial charge in [-0.25, -0.2) is 4.98 Å². The Morgan fingerprint density at radius 1 is 1.28 bits per heavy atom. The van der Waals surface area contributed by atoms with Crippen LogP contribution in [-0.2, 0) is 12.0 Å². The topological polar surface area (TPSA) is 33.1 Å². The lowest BCUT2D eigenvalue weighted by Crippen LogP contribution is -2.25. The molecule has 1 N–H and O–H groups in total. The van der Waals surface area contributed by atoms with Crippen molar-refractivity contribution in [3.8, 4) is 0 Å². The molecule has 1 heterocycles. The van der Waals surface area contributed by atoms with Crippen LogP contribution < -0.4 is 0 Å². The molecule has 2 nitrogen and oxygen atoms in total. The van der Waals surface area contributed by atoms with Crippen LogP contribution in [0.15, 0.2) is 23.6 Å². The number of hydrogen-bond donors (Lipinski definition) is 1. The molecule has 18 heavy (non-hydrogen) atoms. The van der Waals surface area contributed by atoms with Crippen molar-refractivity contribution < 1.29 is 5.11 Å². The maximum atomic E-state index is 10.7. The Bertz CT molecular complexity index is 557. The lowest BCUT2D eigenvalue weighted by atomic mass is 9.87. The Balaban J connectivity index is 2.32. The molecule has 2 aromatic rings. The van der Waals surface area contributed by atoms with Gasteiger partial charge in [-0.2, -0.15) is 0 Å². The number of thiazole rings is 1. The standard InChI is InChI=1S/C15H19NOS/c1-10-5-6-11(2)14(7-10)15(4,17)8-13-9-18-12(3)16-13/h5-7,9,17H,8H2,1-4H3. The van der Waals surface area contributed by atoms with Crippen molar-refractivity contribution in [1.82, 2.24) is 4.98 Å². The Morgan fingerprint density at radius 3 is 2.61 bits per heavy atom. The molecule has 1 atom stereocenters. The first-order chi connectivity index (χ1) is 8.38. The Labute approximate surface area is 112 Å². The van der Waals surface area contributed by atoms with Gasteiger partial charge in [0.2, 0.25) is 0 Å². The van der Waals surface area contributed by atoms with Crippen LogP contribution in [0, 0.1) is 20.8 Å². The number of aliphatic hydroxyl groups is 1. The minimum Gasteiger partial charge on any atom is -0.385 e. The smallest absolute Gasteiger partial charge is 0.0926 e. The van der Waals surface area contributed by atoms with Crippen LogP contribution in [0.4, 0.5) is 0 Å². The fourth-order valence-corrected chi connectivity index (χ4v) is 2.87. The van der Waals surface area contributed by atoms with Crippen molar-refractivity contribution in [2.24, 2.45) is 0 Å². The Kier molecular flexibility index (Phi) is 3.55. The van der Waals surface area contributed by atoms with E-state index in [1.54, 1.807) is 11.3 Å². The molecule has 2 rings (SSSR count). The highest BCUT2D eigenvalue weighted by molar-refractivity contribution is 7.09. The van der Waals surface area contributed by atoms with Gasteiger partial charge in [0.1, 0.15) is 0 Å².